The number of rotatable bonds is 3. The summed E-state index contributed by atoms with van der Waals surface area (Å²) < 4.78 is 4.03. The lowest BCUT2D eigenvalue weighted by Gasteiger charge is -2.20. The van der Waals surface area contributed by atoms with E-state index in [1.807, 2.05) is 0 Å². The van der Waals surface area contributed by atoms with Gasteiger partial charge in [0.1, 0.15) is 6.04 Å². The summed E-state index contributed by atoms with van der Waals surface area (Å²) in [7, 11) is 0. The molecular formula is C11H16N6S. The zero-order valence-corrected chi connectivity index (χ0v) is 11.4. The fraction of sp³-hybridized carbons (Fsp3) is 0.455. The Morgan fingerprint density at radius 3 is 2.67 bits per heavy atom. The molecule has 2 aromatic rings. The van der Waals surface area contributed by atoms with Crippen molar-refractivity contribution in [3.63, 3.8) is 0 Å². The molecule has 1 atom stereocenters. The van der Waals surface area contributed by atoms with Crippen molar-refractivity contribution >= 4 is 11.5 Å². The third-order valence-electron chi connectivity index (χ3n) is 2.53. The van der Waals surface area contributed by atoms with E-state index in [9.17, 15) is 0 Å². The van der Waals surface area contributed by atoms with Gasteiger partial charge in [0.05, 0.1) is 22.5 Å². The SMILES string of the molecule is CC(C)(C)c1nnsc1C(NN)c1cnccn1. The maximum Gasteiger partial charge on any atom is 0.102 e. The monoisotopic (exact) mass is 264 g/mol. The highest BCUT2D eigenvalue weighted by molar-refractivity contribution is 7.05. The van der Waals surface area contributed by atoms with Gasteiger partial charge in [0.2, 0.25) is 0 Å². The summed E-state index contributed by atoms with van der Waals surface area (Å²) in [6.07, 6.45) is 4.97. The van der Waals surface area contributed by atoms with Crippen LogP contribution >= 0.6 is 11.5 Å². The number of nitrogens with one attached hydrogen (secondary N) is 1. The van der Waals surface area contributed by atoms with E-state index in [2.05, 4.69) is 45.8 Å². The first-order chi connectivity index (χ1) is 8.54. The van der Waals surface area contributed by atoms with Crippen LogP contribution in [0.1, 0.15) is 43.1 Å². The highest BCUT2D eigenvalue weighted by Gasteiger charge is 2.28. The number of nitrogens with two attached hydrogens (primary N) is 1. The molecule has 2 heterocycles. The third-order valence-corrected chi connectivity index (χ3v) is 3.32. The molecular weight excluding hydrogens is 248 g/mol. The van der Waals surface area contributed by atoms with Crippen molar-refractivity contribution in [2.45, 2.75) is 32.2 Å². The Bertz CT molecular complexity index is 504. The summed E-state index contributed by atoms with van der Waals surface area (Å²) in [6.45, 7) is 6.28. The lowest BCUT2D eigenvalue weighted by atomic mass is 9.89. The van der Waals surface area contributed by atoms with Gasteiger partial charge < -0.3 is 0 Å². The molecule has 0 radical (unpaired) electrons. The molecule has 0 aliphatic rings. The van der Waals surface area contributed by atoms with E-state index in [1.165, 1.54) is 11.5 Å². The van der Waals surface area contributed by atoms with Crippen LogP contribution in [0.5, 0.6) is 0 Å². The zero-order chi connectivity index (χ0) is 13.2. The Hall–Kier alpha value is -1.44. The third kappa shape index (κ3) is 2.53. The summed E-state index contributed by atoms with van der Waals surface area (Å²) in [6, 6.07) is -0.229. The van der Waals surface area contributed by atoms with E-state index >= 15 is 0 Å². The number of hydrogen-bond acceptors (Lipinski definition) is 7. The van der Waals surface area contributed by atoms with E-state index in [0.29, 0.717) is 0 Å². The summed E-state index contributed by atoms with van der Waals surface area (Å²) in [5.74, 6) is 5.64. The first-order valence-corrected chi connectivity index (χ1v) is 6.36. The second kappa shape index (κ2) is 5.05. The standard InChI is InChI=1S/C11H16N6S/c1-11(2,3)10-9(18-17-16-10)8(15-12)7-6-13-4-5-14-7/h4-6,8,15H,12H2,1-3H3. The smallest absolute Gasteiger partial charge is 0.102 e. The summed E-state index contributed by atoms with van der Waals surface area (Å²) in [4.78, 5) is 9.31. The normalized spacial score (nSPS) is 13.6. The molecule has 0 amide bonds. The van der Waals surface area contributed by atoms with Crippen LogP contribution in [-0.4, -0.2) is 19.6 Å². The Labute approximate surface area is 110 Å². The minimum atomic E-state index is -0.229. The highest BCUT2D eigenvalue weighted by atomic mass is 32.1. The number of hydrogen-bond donors (Lipinski definition) is 2. The average molecular weight is 264 g/mol. The average Bonchev–Trinajstić information content (AvgIpc) is 2.80. The van der Waals surface area contributed by atoms with Crippen LogP contribution in [0.15, 0.2) is 18.6 Å². The molecule has 0 aliphatic carbocycles. The molecule has 0 aromatic carbocycles. The second-order valence-electron chi connectivity index (χ2n) is 4.97. The predicted molar refractivity (Wildman–Crippen MR) is 69.8 cm³/mol. The van der Waals surface area contributed by atoms with Crippen LogP contribution in [-0.2, 0) is 5.41 Å². The first-order valence-electron chi connectivity index (χ1n) is 5.59. The van der Waals surface area contributed by atoms with Gasteiger partial charge in [-0.1, -0.05) is 25.3 Å². The first kappa shape index (κ1) is 13.0. The maximum absolute atomic E-state index is 5.64. The van der Waals surface area contributed by atoms with Crippen molar-refractivity contribution in [3.8, 4) is 0 Å². The van der Waals surface area contributed by atoms with Crippen LogP contribution in [0.2, 0.25) is 0 Å². The van der Waals surface area contributed by atoms with Crippen molar-refractivity contribution in [3.05, 3.63) is 34.9 Å². The van der Waals surface area contributed by atoms with Crippen molar-refractivity contribution in [1.82, 2.24) is 25.0 Å². The fourth-order valence-electron chi connectivity index (χ4n) is 1.66. The molecule has 18 heavy (non-hydrogen) atoms. The number of nitrogens with zero attached hydrogens (tertiary/aromatic N) is 4. The topological polar surface area (TPSA) is 89.6 Å². The van der Waals surface area contributed by atoms with Crippen molar-refractivity contribution in [1.29, 1.82) is 0 Å². The van der Waals surface area contributed by atoms with Crippen LogP contribution in [0.4, 0.5) is 0 Å². The highest BCUT2D eigenvalue weighted by Crippen LogP contribution is 2.32. The largest absolute Gasteiger partial charge is 0.270 e. The van der Waals surface area contributed by atoms with E-state index in [0.717, 1.165) is 16.3 Å². The van der Waals surface area contributed by atoms with E-state index in [4.69, 9.17) is 5.84 Å². The molecule has 0 aliphatic heterocycles. The molecule has 96 valence electrons. The maximum atomic E-state index is 5.64. The summed E-state index contributed by atoms with van der Waals surface area (Å²) >= 11 is 1.33. The molecule has 1 unspecified atom stereocenters. The Morgan fingerprint density at radius 1 is 1.33 bits per heavy atom. The van der Waals surface area contributed by atoms with Crippen LogP contribution in [0.3, 0.4) is 0 Å². The molecule has 3 N–H and O–H groups in total. The molecule has 0 spiro atoms. The van der Waals surface area contributed by atoms with Crippen molar-refractivity contribution in [2.75, 3.05) is 0 Å². The molecule has 0 fully saturated rings. The molecule has 0 saturated heterocycles. The van der Waals surface area contributed by atoms with Crippen molar-refractivity contribution in [2.24, 2.45) is 5.84 Å². The summed E-state index contributed by atoms with van der Waals surface area (Å²) in [5, 5.41) is 4.21. The van der Waals surface area contributed by atoms with Gasteiger partial charge in [0, 0.05) is 17.8 Å². The van der Waals surface area contributed by atoms with Gasteiger partial charge in [-0.2, -0.15) is 0 Å². The summed E-state index contributed by atoms with van der Waals surface area (Å²) in [5.41, 5.74) is 4.37. The minimum Gasteiger partial charge on any atom is -0.270 e. The van der Waals surface area contributed by atoms with Crippen LogP contribution in [0, 0.1) is 0 Å². The Morgan fingerprint density at radius 2 is 2.11 bits per heavy atom. The Kier molecular flexibility index (Phi) is 3.65. The van der Waals surface area contributed by atoms with Gasteiger partial charge in [0.15, 0.2) is 0 Å². The lowest BCUT2D eigenvalue weighted by molar-refractivity contribution is 0.540. The molecule has 0 bridgehead atoms. The van der Waals surface area contributed by atoms with Gasteiger partial charge >= 0.3 is 0 Å². The van der Waals surface area contributed by atoms with Crippen LogP contribution < -0.4 is 11.3 Å². The molecule has 2 aromatic heterocycles. The van der Waals surface area contributed by atoms with Crippen molar-refractivity contribution < 1.29 is 0 Å². The molecule has 6 nitrogen and oxygen atoms in total. The van der Waals surface area contributed by atoms with Gasteiger partial charge in [-0.05, 0) is 11.5 Å². The molecule has 2 rings (SSSR count). The van der Waals surface area contributed by atoms with Gasteiger partial charge in [0.25, 0.3) is 0 Å². The van der Waals surface area contributed by atoms with E-state index in [1.54, 1.807) is 18.6 Å². The Balaban J connectivity index is 2.44. The second-order valence-corrected chi connectivity index (χ2v) is 5.75. The minimum absolute atomic E-state index is 0.0837. The molecule has 0 saturated carbocycles. The van der Waals surface area contributed by atoms with E-state index < -0.39 is 0 Å². The quantitative estimate of drug-likeness (QED) is 0.639. The zero-order valence-electron chi connectivity index (χ0n) is 10.6. The number of hydrazine groups is 1. The van der Waals surface area contributed by atoms with Gasteiger partial charge in [-0.3, -0.25) is 15.8 Å². The van der Waals surface area contributed by atoms with Gasteiger partial charge in [-0.15, -0.1) is 5.10 Å². The molecule has 7 heteroatoms. The lowest BCUT2D eigenvalue weighted by Crippen LogP contribution is -2.31. The van der Waals surface area contributed by atoms with E-state index in [-0.39, 0.29) is 11.5 Å². The van der Waals surface area contributed by atoms with Crippen LogP contribution in [0.25, 0.3) is 0 Å². The fourth-order valence-corrected chi connectivity index (χ4v) is 2.60. The van der Waals surface area contributed by atoms with Gasteiger partial charge in [-0.25, -0.2) is 5.43 Å². The number of aromatic nitrogens is 4. The predicted octanol–water partition coefficient (Wildman–Crippen LogP) is 1.18.